The summed E-state index contributed by atoms with van der Waals surface area (Å²) in [7, 11) is 0. The number of nitro benzene ring substituents is 1. The molecular weight excluding hydrogens is 428 g/mol. The number of anilines is 1. The molecule has 0 bridgehead atoms. The predicted molar refractivity (Wildman–Crippen MR) is 122 cm³/mol. The molecule has 10 heteroatoms. The summed E-state index contributed by atoms with van der Waals surface area (Å²) >= 11 is 1.60. The molecule has 0 aliphatic carbocycles. The Balaban J connectivity index is 1.37. The Morgan fingerprint density at radius 3 is 2.59 bits per heavy atom. The molecule has 1 fully saturated rings. The van der Waals surface area contributed by atoms with Crippen LogP contribution in [0.5, 0.6) is 0 Å². The quantitative estimate of drug-likeness (QED) is 0.303. The molecule has 1 saturated heterocycles. The maximum absolute atomic E-state index is 10.9. The zero-order valence-electron chi connectivity index (χ0n) is 17.8. The van der Waals surface area contributed by atoms with E-state index in [1.54, 1.807) is 29.8 Å². The minimum Gasteiger partial charge on any atom is -0.355 e. The van der Waals surface area contributed by atoms with Crippen molar-refractivity contribution in [2.45, 2.75) is 38.5 Å². The van der Waals surface area contributed by atoms with Crippen LogP contribution in [0.4, 0.5) is 11.5 Å². The standard InChI is InChI=1S/C22H22N6O3S/c1-13(2)20-25-22(31-26-20)15-7-9-27(10-8-15)21-19-18(23-12-24-21)17(11-32-19)14-3-5-16(6-4-14)28(29)30/h3-6,11-13,15H,7-10H2,1-2H3. The van der Waals surface area contributed by atoms with E-state index in [0.29, 0.717) is 0 Å². The Labute approximate surface area is 188 Å². The first-order valence-electron chi connectivity index (χ1n) is 10.6. The minimum absolute atomic E-state index is 0.0771. The van der Waals surface area contributed by atoms with Gasteiger partial charge in [0, 0.05) is 48.0 Å². The number of rotatable bonds is 5. The highest BCUT2D eigenvalue weighted by atomic mass is 32.1. The van der Waals surface area contributed by atoms with Crippen molar-refractivity contribution < 1.29 is 9.45 Å². The maximum atomic E-state index is 10.9. The van der Waals surface area contributed by atoms with Crippen LogP contribution in [0.3, 0.4) is 0 Å². The molecule has 0 N–H and O–H groups in total. The predicted octanol–water partition coefficient (Wildman–Crippen LogP) is 5.16. The van der Waals surface area contributed by atoms with Crippen molar-refractivity contribution >= 4 is 33.1 Å². The van der Waals surface area contributed by atoms with Gasteiger partial charge in [-0.15, -0.1) is 11.3 Å². The molecule has 164 valence electrons. The molecule has 0 radical (unpaired) electrons. The fourth-order valence-electron chi connectivity index (χ4n) is 4.02. The average molecular weight is 451 g/mol. The Hall–Kier alpha value is -3.40. The van der Waals surface area contributed by atoms with Gasteiger partial charge < -0.3 is 9.42 Å². The first-order chi connectivity index (χ1) is 15.5. The second kappa shape index (κ2) is 8.27. The van der Waals surface area contributed by atoms with E-state index in [2.05, 4.69) is 38.9 Å². The van der Waals surface area contributed by atoms with Gasteiger partial charge in [-0.2, -0.15) is 4.98 Å². The lowest BCUT2D eigenvalue weighted by Crippen LogP contribution is -2.33. The van der Waals surface area contributed by atoms with E-state index < -0.39 is 4.92 Å². The summed E-state index contributed by atoms with van der Waals surface area (Å²) in [5, 5.41) is 17.1. The molecule has 0 amide bonds. The van der Waals surface area contributed by atoms with Gasteiger partial charge >= 0.3 is 0 Å². The summed E-state index contributed by atoms with van der Waals surface area (Å²) < 4.78 is 6.53. The number of aromatic nitrogens is 4. The van der Waals surface area contributed by atoms with E-state index in [0.717, 1.165) is 64.8 Å². The molecular formula is C22H22N6O3S. The molecule has 9 nitrogen and oxygen atoms in total. The molecule has 4 heterocycles. The van der Waals surface area contributed by atoms with Gasteiger partial charge in [-0.3, -0.25) is 10.1 Å². The van der Waals surface area contributed by atoms with E-state index in [-0.39, 0.29) is 17.5 Å². The van der Waals surface area contributed by atoms with Crippen LogP contribution in [0.2, 0.25) is 0 Å². The third-order valence-electron chi connectivity index (χ3n) is 5.84. The van der Waals surface area contributed by atoms with Gasteiger partial charge in [-0.05, 0) is 30.5 Å². The third-order valence-corrected chi connectivity index (χ3v) is 6.81. The van der Waals surface area contributed by atoms with Gasteiger partial charge in [0.25, 0.3) is 5.69 Å². The van der Waals surface area contributed by atoms with Crippen molar-refractivity contribution in [3.63, 3.8) is 0 Å². The molecule has 1 aromatic carbocycles. The molecule has 4 aromatic rings. The Bertz CT molecular complexity index is 1260. The first-order valence-corrected chi connectivity index (χ1v) is 11.4. The first kappa shape index (κ1) is 20.5. The van der Waals surface area contributed by atoms with E-state index in [1.807, 2.05) is 5.38 Å². The van der Waals surface area contributed by atoms with Gasteiger partial charge in [0.05, 0.1) is 15.1 Å². The highest BCUT2D eigenvalue weighted by molar-refractivity contribution is 7.18. The summed E-state index contributed by atoms with van der Waals surface area (Å²) in [4.78, 5) is 26.5. The fourth-order valence-corrected chi connectivity index (χ4v) is 5.06. The zero-order valence-corrected chi connectivity index (χ0v) is 18.6. The number of nitrogens with zero attached hydrogens (tertiary/aromatic N) is 6. The smallest absolute Gasteiger partial charge is 0.269 e. The third kappa shape index (κ3) is 3.70. The SMILES string of the molecule is CC(C)c1noc(C2CCN(c3ncnc4c(-c5ccc([N+](=O)[O-])cc5)csc34)CC2)n1. The molecule has 32 heavy (non-hydrogen) atoms. The topological polar surface area (TPSA) is 111 Å². The van der Waals surface area contributed by atoms with Gasteiger partial charge in [0.2, 0.25) is 5.89 Å². The van der Waals surface area contributed by atoms with Crippen molar-refractivity contribution in [2.75, 3.05) is 18.0 Å². The highest BCUT2D eigenvalue weighted by Crippen LogP contribution is 2.39. The normalized spacial score (nSPS) is 15.0. The Morgan fingerprint density at radius 1 is 1.19 bits per heavy atom. The number of thiophene rings is 1. The van der Waals surface area contributed by atoms with Crippen LogP contribution < -0.4 is 4.90 Å². The minimum atomic E-state index is -0.392. The molecule has 1 aliphatic rings. The van der Waals surface area contributed by atoms with E-state index in [1.165, 1.54) is 12.1 Å². The van der Waals surface area contributed by atoms with E-state index >= 15 is 0 Å². The van der Waals surface area contributed by atoms with Crippen LogP contribution in [0.25, 0.3) is 21.3 Å². The van der Waals surface area contributed by atoms with Crippen molar-refractivity contribution in [1.29, 1.82) is 0 Å². The van der Waals surface area contributed by atoms with Crippen LogP contribution in [-0.2, 0) is 0 Å². The molecule has 1 aliphatic heterocycles. The maximum Gasteiger partial charge on any atom is 0.269 e. The second-order valence-electron chi connectivity index (χ2n) is 8.24. The molecule has 0 atom stereocenters. The molecule has 5 rings (SSSR count). The van der Waals surface area contributed by atoms with Crippen LogP contribution in [0.15, 0.2) is 40.5 Å². The van der Waals surface area contributed by atoms with Crippen LogP contribution >= 0.6 is 11.3 Å². The number of hydrogen-bond acceptors (Lipinski definition) is 9. The molecule has 0 saturated carbocycles. The number of nitro groups is 1. The summed E-state index contributed by atoms with van der Waals surface area (Å²) in [6.07, 6.45) is 3.44. The average Bonchev–Trinajstić information content (AvgIpc) is 3.47. The lowest BCUT2D eigenvalue weighted by atomic mass is 9.96. The summed E-state index contributed by atoms with van der Waals surface area (Å²) in [5.74, 6) is 2.95. The highest BCUT2D eigenvalue weighted by Gasteiger charge is 2.27. The van der Waals surface area contributed by atoms with E-state index in [4.69, 9.17) is 4.52 Å². The molecule has 3 aromatic heterocycles. The lowest BCUT2D eigenvalue weighted by Gasteiger charge is -2.31. The van der Waals surface area contributed by atoms with Gasteiger partial charge in [0.1, 0.15) is 12.1 Å². The van der Waals surface area contributed by atoms with Crippen LogP contribution in [0, 0.1) is 10.1 Å². The monoisotopic (exact) mass is 450 g/mol. The van der Waals surface area contributed by atoms with Crippen LogP contribution in [0.1, 0.15) is 50.2 Å². The summed E-state index contributed by atoms with van der Waals surface area (Å²) in [6.45, 7) is 5.81. The number of fused-ring (bicyclic) bond motifs is 1. The van der Waals surface area contributed by atoms with Crippen LogP contribution in [-0.4, -0.2) is 38.1 Å². The largest absolute Gasteiger partial charge is 0.355 e. The van der Waals surface area contributed by atoms with Gasteiger partial charge in [-0.1, -0.05) is 19.0 Å². The zero-order chi connectivity index (χ0) is 22.2. The van der Waals surface area contributed by atoms with Gasteiger partial charge in [-0.25, -0.2) is 9.97 Å². The van der Waals surface area contributed by atoms with Crippen molar-refractivity contribution in [3.8, 4) is 11.1 Å². The number of piperidine rings is 1. The number of benzene rings is 1. The number of non-ortho nitro benzene ring substituents is 1. The number of hydrogen-bond donors (Lipinski definition) is 0. The lowest BCUT2D eigenvalue weighted by molar-refractivity contribution is -0.384. The molecule has 0 unspecified atom stereocenters. The Morgan fingerprint density at radius 2 is 1.94 bits per heavy atom. The second-order valence-corrected chi connectivity index (χ2v) is 9.11. The van der Waals surface area contributed by atoms with E-state index in [9.17, 15) is 10.1 Å². The summed E-state index contributed by atoms with van der Waals surface area (Å²) in [5.41, 5.74) is 2.82. The fraction of sp³-hybridized carbons (Fsp3) is 0.364. The summed E-state index contributed by atoms with van der Waals surface area (Å²) in [6, 6.07) is 6.58. The van der Waals surface area contributed by atoms with Crippen molar-refractivity contribution in [3.05, 3.63) is 57.8 Å². The Kier molecular flexibility index (Phi) is 5.30. The van der Waals surface area contributed by atoms with Crippen molar-refractivity contribution in [1.82, 2.24) is 20.1 Å². The molecule has 0 spiro atoms. The van der Waals surface area contributed by atoms with Gasteiger partial charge in [0.15, 0.2) is 5.82 Å². The van der Waals surface area contributed by atoms with Crippen molar-refractivity contribution in [2.24, 2.45) is 0 Å².